The second kappa shape index (κ2) is 7.90. The van der Waals surface area contributed by atoms with Crippen LogP contribution in [-0.4, -0.2) is 24.5 Å². The second-order valence-electron chi connectivity index (χ2n) is 7.06. The zero-order valence-electron chi connectivity index (χ0n) is 14.5. The molecule has 0 aliphatic heterocycles. The van der Waals surface area contributed by atoms with Crippen molar-refractivity contribution in [2.45, 2.75) is 60.2 Å². The molecule has 3 heteroatoms. The van der Waals surface area contributed by atoms with Crippen LogP contribution in [0.2, 0.25) is 0 Å². The molecule has 0 aliphatic rings. The summed E-state index contributed by atoms with van der Waals surface area (Å²) in [6.07, 6.45) is 1.11. The highest BCUT2D eigenvalue weighted by Crippen LogP contribution is 2.24. The highest BCUT2D eigenvalue weighted by molar-refractivity contribution is 5.25. The molecule has 1 aromatic carbocycles. The van der Waals surface area contributed by atoms with E-state index in [9.17, 15) is 4.39 Å². The van der Waals surface area contributed by atoms with Gasteiger partial charge in [0.2, 0.25) is 0 Å². The molecule has 0 saturated carbocycles. The van der Waals surface area contributed by atoms with Crippen molar-refractivity contribution in [1.29, 1.82) is 0 Å². The highest BCUT2D eigenvalue weighted by Gasteiger charge is 2.24. The van der Waals surface area contributed by atoms with E-state index in [2.05, 4.69) is 51.9 Å². The summed E-state index contributed by atoms with van der Waals surface area (Å²) in [4.78, 5) is 2.22. The third-order valence-electron chi connectivity index (χ3n) is 4.20. The summed E-state index contributed by atoms with van der Waals surface area (Å²) in [6.45, 7) is 13.4. The second-order valence-corrected chi connectivity index (χ2v) is 7.06. The topological polar surface area (TPSA) is 15.3 Å². The molecular formula is C18H31FN2. The Labute approximate surface area is 129 Å². The molecule has 0 aromatic heterocycles. The Morgan fingerprint density at radius 3 is 2.52 bits per heavy atom. The average molecular weight is 294 g/mol. The fourth-order valence-corrected chi connectivity index (χ4v) is 2.34. The number of rotatable bonds is 7. The highest BCUT2D eigenvalue weighted by atomic mass is 19.1. The van der Waals surface area contributed by atoms with E-state index in [1.54, 1.807) is 6.07 Å². The Morgan fingerprint density at radius 1 is 1.29 bits per heavy atom. The van der Waals surface area contributed by atoms with Crippen molar-refractivity contribution in [3.05, 3.63) is 35.1 Å². The maximum atomic E-state index is 14.0. The maximum absolute atomic E-state index is 14.0. The molecule has 1 atom stereocenters. The van der Waals surface area contributed by atoms with Gasteiger partial charge in [0.25, 0.3) is 0 Å². The predicted molar refractivity (Wildman–Crippen MR) is 88.8 cm³/mol. The van der Waals surface area contributed by atoms with Crippen LogP contribution in [0.1, 0.15) is 52.2 Å². The Balaban J connectivity index is 2.75. The first-order valence-corrected chi connectivity index (χ1v) is 7.94. The molecule has 1 N–H and O–H groups in total. The minimum atomic E-state index is -0.109. The molecule has 21 heavy (non-hydrogen) atoms. The van der Waals surface area contributed by atoms with Crippen LogP contribution in [-0.2, 0) is 13.1 Å². The normalized spacial score (nSPS) is 13.7. The summed E-state index contributed by atoms with van der Waals surface area (Å²) in [5.74, 6) is -0.109. The molecule has 0 radical (unpaired) electrons. The molecule has 0 spiro atoms. The first-order valence-electron chi connectivity index (χ1n) is 7.94. The molecule has 0 amide bonds. The minimum Gasteiger partial charge on any atom is -0.313 e. The molecule has 2 nitrogen and oxygen atoms in total. The number of halogens is 1. The standard InChI is InChI=1S/C18H31FN2/c1-7-10-20-12-15-8-9-17(19)16(11-15)13-21(6)14(2)18(3,4)5/h8-9,11,14,20H,7,10,12-13H2,1-6H3. The fourth-order valence-electron chi connectivity index (χ4n) is 2.34. The smallest absolute Gasteiger partial charge is 0.127 e. The Bertz CT molecular complexity index is 437. The number of nitrogens with one attached hydrogen (secondary N) is 1. The number of nitrogens with zero attached hydrogens (tertiary/aromatic N) is 1. The zero-order valence-corrected chi connectivity index (χ0v) is 14.5. The number of hydrogen-bond acceptors (Lipinski definition) is 2. The van der Waals surface area contributed by atoms with Gasteiger partial charge in [0.15, 0.2) is 0 Å². The third kappa shape index (κ3) is 5.76. The van der Waals surface area contributed by atoms with Crippen LogP contribution in [0.3, 0.4) is 0 Å². The third-order valence-corrected chi connectivity index (χ3v) is 4.20. The van der Waals surface area contributed by atoms with Crippen molar-refractivity contribution < 1.29 is 4.39 Å². The van der Waals surface area contributed by atoms with Gasteiger partial charge in [-0.25, -0.2) is 4.39 Å². The van der Waals surface area contributed by atoms with Crippen molar-refractivity contribution in [2.24, 2.45) is 5.41 Å². The molecule has 1 unspecified atom stereocenters. The lowest BCUT2D eigenvalue weighted by Crippen LogP contribution is -2.39. The zero-order chi connectivity index (χ0) is 16.0. The predicted octanol–water partition coefficient (Wildman–Crippen LogP) is 4.19. The summed E-state index contributed by atoms with van der Waals surface area (Å²) in [5.41, 5.74) is 2.12. The summed E-state index contributed by atoms with van der Waals surface area (Å²) >= 11 is 0. The van der Waals surface area contributed by atoms with Crippen LogP contribution in [0.4, 0.5) is 4.39 Å². The van der Waals surface area contributed by atoms with Gasteiger partial charge in [0.05, 0.1) is 0 Å². The van der Waals surface area contributed by atoms with Gasteiger partial charge >= 0.3 is 0 Å². The van der Waals surface area contributed by atoms with E-state index >= 15 is 0 Å². The van der Waals surface area contributed by atoms with Gasteiger partial charge in [-0.1, -0.05) is 39.8 Å². The molecule has 0 saturated heterocycles. The molecule has 0 heterocycles. The quantitative estimate of drug-likeness (QED) is 0.759. The molecular weight excluding hydrogens is 263 g/mol. The van der Waals surface area contributed by atoms with Gasteiger partial charge in [0, 0.05) is 24.7 Å². The lowest BCUT2D eigenvalue weighted by atomic mass is 9.87. The first-order chi connectivity index (χ1) is 9.75. The van der Waals surface area contributed by atoms with E-state index in [0.29, 0.717) is 12.6 Å². The van der Waals surface area contributed by atoms with Crippen LogP contribution >= 0.6 is 0 Å². The summed E-state index contributed by atoms with van der Waals surface area (Å²) in [7, 11) is 2.07. The molecule has 120 valence electrons. The molecule has 1 aromatic rings. The van der Waals surface area contributed by atoms with E-state index in [-0.39, 0.29) is 11.2 Å². The Hall–Kier alpha value is -0.930. The van der Waals surface area contributed by atoms with E-state index in [0.717, 1.165) is 30.6 Å². The van der Waals surface area contributed by atoms with Crippen LogP contribution < -0.4 is 5.32 Å². The molecule has 1 rings (SSSR count). The van der Waals surface area contributed by atoms with E-state index < -0.39 is 0 Å². The van der Waals surface area contributed by atoms with Gasteiger partial charge in [-0.3, -0.25) is 4.90 Å². The maximum Gasteiger partial charge on any atom is 0.127 e. The number of hydrogen-bond donors (Lipinski definition) is 1. The van der Waals surface area contributed by atoms with E-state index in [4.69, 9.17) is 0 Å². The van der Waals surface area contributed by atoms with Crippen molar-refractivity contribution >= 4 is 0 Å². The van der Waals surface area contributed by atoms with Gasteiger partial charge in [0.1, 0.15) is 5.82 Å². The van der Waals surface area contributed by atoms with Crippen LogP contribution in [0.25, 0.3) is 0 Å². The van der Waals surface area contributed by atoms with Crippen LogP contribution in [0.15, 0.2) is 18.2 Å². The average Bonchev–Trinajstić information content (AvgIpc) is 2.40. The van der Waals surface area contributed by atoms with Gasteiger partial charge in [-0.2, -0.15) is 0 Å². The monoisotopic (exact) mass is 294 g/mol. The lowest BCUT2D eigenvalue weighted by molar-refractivity contribution is 0.133. The number of benzene rings is 1. The lowest BCUT2D eigenvalue weighted by Gasteiger charge is -2.35. The molecule has 0 bridgehead atoms. The van der Waals surface area contributed by atoms with Gasteiger partial charge in [-0.15, -0.1) is 0 Å². The summed E-state index contributed by atoms with van der Waals surface area (Å²) in [6, 6.07) is 5.84. The van der Waals surface area contributed by atoms with Gasteiger partial charge < -0.3 is 5.32 Å². The van der Waals surface area contributed by atoms with Crippen molar-refractivity contribution in [3.8, 4) is 0 Å². The summed E-state index contributed by atoms with van der Waals surface area (Å²) in [5, 5.41) is 3.36. The molecule has 0 aliphatic carbocycles. The van der Waals surface area contributed by atoms with Crippen molar-refractivity contribution in [1.82, 2.24) is 10.2 Å². The summed E-state index contributed by atoms with van der Waals surface area (Å²) < 4.78 is 14.0. The van der Waals surface area contributed by atoms with Gasteiger partial charge in [-0.05, 0) is 44.0 Å². The van der Waals surface area contributed by atoms with Crippen molar-refractivity contribution in [2.75, 3.05) is 13.6 Å². The van der Waals surface area contributed by atoms with Crippen LogP contribution in [0.5, 0.6) is 0 Å². The first kappa shape index (κ1) is 18.1. The molecule has 0 fully saturated rings. The van der Waals surface area contributed by atoms with E-state index in [1.165, 1.54) is 0 Å². The van der Waals surface area contributed by atoms with E-state index in [1.807, 2.05) is 12.1 Å². The largest absolute Gasteiger partial charge is 0.313 e. The SMILES string of the molecule is CCCNCc1ccc(F)c(CN(C)C(C)C(C)(C)C)c1. The van der Waals surface area contributed by atoms with Crippen molar-refractivity contribution in [3.63, 3.8) is 0 Å². The fraction of sp³-hybridized carbons (Fsp3) is 0.667. The Morgan fingerprint density at radius 2 is 1.95 bits per heavy atom. The Kier molecular flexibility index (Phi) is 6.82. The minimum absolute atomic E-state index is 0.109. The van der Waals surface area contributed by atoms with Crippen LogP contribution in [0, 0.1) is 11.2 Å².